The van der Waals surface area contributed by atoms with Gasteiger partial charge in [-0.05, 0) is 61.9 Å². The second-order valence-corrected chi connectivity index (χ2v) is 7.53. The summed E-state index contributed by atoms with van der Waals surface area (Å²) in [6.45, 7) is 9.81. The van der Waals surface area contributed by atoms with Crippen molar-refractivity contribution in [1.82, 2.24) is 5.32 Å². The van der Waals surface area contributed by atoms with Crippen molar-refractivity contribution < 1.29 is 0 Å². The molecule has 2 rings (SSSR count). The first-order valence-electron chi connectivity index (χ1n) is 7.76. The molecule has 100 valence electrons. The van der Waals surface area contributed by atoms with Gasteiger partial charge in [0.15, 0.2) is 0 Å². The fraction of sp³-hybridized carbons (Fsp3) is 1.00. The van der Waals surface area contributed by atoms with Gasteiger partial charge >= 0.3 is 0 Å². The van der Waals surface area contributed by atoms with Gasteiger partial charge in [0.2, 0.25) is 0 Å². The van der Waals surface area contributed by atoms with Crippen molar-refractivity contribution >= 4 is 0 Å². The van der Waals surface area contributed by atoms with Crippen LogP contribution in [0.25, 0.3) is 0 Å². The van der Waals surface area contributed by atoms with Gasteiger partial charge in [-0.25, -0.2) is 0 Å². The Balaban J connectivity index is 1.61. The molecule has 2 unspecified atom stereocenters. The van der Waals surface area contributed by atoms with Crippen LogP contribution in [0.2, 0.25) is 0 Å². The highest BCUT2D eigenvalue weighted by molar-refractivity contribution is 4.83. The van der Waals surface area contributed by atoms with Gasteiger partial charge in [-0.3, -0.25) is 0 Å². The minimum absolute atomic E-state index is 0.546. The molecule has 1 heterocycles. The Morgan fingerprint density at radius 2 is 1.76 bits per heavy atom. The third-order valence-corrected chi connectivity index (χ3v) is 5.15. The SMILES string of the molecule is CC(C)(C)C1CCC(CCC[C@H]2CCNC2)C1. The van der Waals surface area contributed by atoms with Crippen molar-refractivity contribution in [3.63, 3.8) is 0 Å². The predicted octanol–water partition coefficient (Wildman–Crippen LogP) is 4.23. The zero-order valence-corrected chi connectivity index (χ0v) is 12.1. The second-order valence-electron chi connectivity index (χ2n) is 7.53. The molecular weight excluding hydrogens is 206 g/mol. The maximum absolute atomic E-state index is 3.48. The standard InChI is InChI=1S/C16H31N/c1-16(2,3)15-8-7-13(11-15)5-4-6-14-9-10-17-12-14/h13-15,17H,4-12H2,1-3H3/t13?,14-,15?/m0/s1. The quantitative estimate of drug-likeness (QED) is 0.771. The average molecular weight is 237 g/mol. The minimum atomic E-state index is 0.546. The van der Waals surface area contributed by atoms with Gasteiger partial charge in [-0.1, -0.05) is 40.0 Å². The maximum Gasteiger partial charge on any atom is -0.00200 e. The maximum atomic E-state index is 3.48. The summed E-state index contributed by atoms with van der Waals surface area (Å²) in [6.07, 6.45) is 10.4. The lowest BCUT2D eigenvalue weighted by atomic mass is 9.79. The van der Waals surface area contributed by atoms with Crippen LogP contribution in [0.15, 0.2) is 0 Å². The Hall–Kier alpha value is -0.0400. The van der Waals surface area contributed by atoms with Crippen molar-refractivity contribution in [2.24, 2.45) is 23.2 Å². The summed E-state index contributed by atoms with van der Waals surface area (Å²) in [5.41, 5.74) is 0.546. The highest BCUT2D eigenvalue weighted by Gasteiger charge is 2.32. The molecule has 1 heteroatoms. The number of nitrogens with one attached hydrogen (secondary N) is 1. The Kier molecular flexibility index (Phi) is 4.52. The minimum Gasteiger partial charge on any atom is -0.316 e. The van der Waals surface area contributed by atoms with E-state index in [0.29, 0.717) is 5.41 Å². The molecule has 1 aliphatic heterocycles. The topological polar surface area (TPSA) is 12.0 Å². The van der Waals surface area contributed by atoms with E-state index in [1.165, 1.54) is 58.0 Å². The van der Waals surface area contributed by atoms with E-state index in [1.807, 2.05) is 0 Å². The van der Waals surface area contributed by atoms with E-state index in [1.54, 1.807) is 0 Å². The summed E-state index contributed by atoms with van der Waals surface area (Å²) in [7, 11) is 0. The molecule has 0 aromatic carbocycles. The van der Waals surface area contributed by atoms with E-state index in [9.17, 15) is 0 Å². The Labute approximate surface area is 108 Å². The van der Waals surface area contributed by atoms with Crippen LogP contribution in [0.4, 0.5) is 0 Å². The van der Waals surface area contributed by atoms with Crippen LogP contribution in [0, 0.1) is 23.2 Å². The first-order chi connectivity index (χ1) is 8.05. The summed E-state index contributed by atoms with van der Waals surface area (Å²) < 4.78 is 0. The average Bonchev–Trinajstić information content (AvgIpc) is 2.86. The summed E-state index contributed by atoms with van der Waals surface area (Å²) in [6, 6.07) is 0. The molecule has 0 aromatic heterocycles. The first kappa shape index (κ1) is 13.4. The van der Waals surface area contributed by atoms with Crippen LogP contribution in [-0.4, -0.2) is 13.1 Å². The summed E-state index contributed by atoms with van der Waals surface area (Å²) in [5.74, 6) is 3.03. The van der Waals surface area contributed by atoms with Gasteiger partial charge in [0.1, 0.15) is 0 Å². The smallest absolute Gasteiger partial charge is 0.00200 e. The van der Waals surface area contributed by atoms with Gasteiger partial charge in [0.05, 0.1) is 0 Å². The van der Waals surface area contributed by atoms with Crippen LogP contribution in [0.1, 0.15) is 65.7 Å². The molecule has 17 heavy (non-hydrogen) atoms. The van der Waals surface area contributed by atoms with Gasteiger partial charge < -0.3 is 5.32 Å². The van der Waals surface area contributed by atoms with Crippen molar-refractivity contribution in [2.45, 2.75) is 65.7 Å². The molecule has 1 nitrogen and oxygen atoms in total. The summed E-state index contributed by atoms with van der Waals surface area (Å²) >= 11 is 0. The fourth-order valence-electron chi connectivity index (χ4n) is 3.78. The van der Waals surface area contributed by atoms with Gasteiger partial charge in [0.25, 0.3) is 0 Å². The first-order valence-corrected chi connectivity index (χ1v) is 7.76. The van der Waals surface area contributed by atoms with Crippen molar-refractivity contribution in [3.8, 4) is 0 Å². The lowest BCUT2D eigenvalue weighted by Gasteiger charge is -2.27. The molecule has 1 saturated carbocycles. The van der Waals surface area contributed by atoms with Crippen molar-refractivity contribution in [1.29, 1.82) is 0 Å². The molecule has 0 spiro atoms. The monoisotopic (exact) mass is 237 g/mol. The predicted molar refractivity (Wildman–Crippen MR) is 75.1 cm³/mol. The van der Waals surface area contributed by atoms with Crippen LogP contribution in [0.3, 0.4) is 0 Å². The molecule has 3 atom stereocenters. The van der Waals surface area contributed by atoms with Gasteiger partial charge in [-0.2, -0.15) is 0 Å². The fourth-order valence-corrected chi connectivity index (χ4v) is 3.78. The molecule has 1 aliphatic carbocycles. The highest BCUT2D eigenvalue weighted by atomic mass is 14.9. The van der Waals surface area contributed by atoms with E-state index >= 15 is 0 Å². The van der Waals surface area contributed by atoms with Crippen LogP contribution in [-0.2, 0) is 0 Å². The lowest BCUT2D eigenvalue weighted by Crippen LogP contribution is -2.17. The third-order valence-electron chi connectivity index (χ3n) is 5.15. The molecule has 0 aromatic rings. The highest BCUT2D eigenvalue weighted by Crippen LogP contribution is 2.43. The van der Waals surface area contributed by atoms with Crippen LogP contribution >= 0.6 is 0 Å². The Morgan fingerprint density at radius 1 is 1.00 bits per heavy atom. The number of hydrogen-bond acceptors (Lipinski definition) is 1. The van der Waals surface area contributed by atoms with Crippen molar-refractivity contribution in [2.75, 3.05) is 13.1 Å². The molecule has 1 saturated heterocycles. The normalized spacial score (nSPS) is 34.4. The third kappa shape index (κ3) is 3.98. The lowest BCUT2D eigenvalue weighted by molar-refractivity contribution is 0.236. The van der Waals surface area contributed by atoms with Crippen LogP contribution < -0.4 is 5.32 Å². The zero-order valence-electron chi connectivity index (χ0n) is 12.1. The largest absolute Gasteiger partial charge is 0.316 e. The molecule has 0 bridgehead atoms. The van der Waals surface area contributed by atoms with Crippen molar-refractivity contribution in [3.05, 3.63) is 0 Å². The Morgan fingerprint density at radius 3 is 2.35 bits per heavy atom. The summed E-state index contributed by atoms with van der Waals surface area (Å²) in [5, 5.41) is 3.48. The molecule has 0 amide bonds. The van der Waals surface area contributed by atoms with E-state index in [2.05, 4.69) is 26.1 Å². The molecule has 2 aliphatic rings. The molecule has 1 N–H and O–H groups in total. The Bertz CT molecular complexity index is 222. The molecule has 0 radical (unpaired) electrons. The second kappa shape index (κ2) is 5.73. The number of rotatable bonds is 4. The van der Waals surface area contributed by atoms with E-state index < -0.39 is 0 Å². The number of hydrogen-bond donors (Lipinski definition) is 1. The van der Waals surface area contributed by atoms with E-state index in [-0.39, 0.29) is 0 Å². The van der Waals surface area contributed by atoms with Gasteiger partial charge in [0, 0.05) is 0 Å². The summed E-state index contributed by atoms with van der Waals surface area (Å²) in [4.78, 5) is 0. The van der Waals surface area contributed by atoms with Crippen LogP contribution in [0.5, 0.6) is 0 Å². The van der Waals surface area contributed by atoms with E-state index in [4.69, 9.17) is 0 Å². The molecule has 2 fully saturated rings. The van der Waals surface area contributed by atoms with Gasteiger partial charge in [-0.15, -0.1) is 0 Å². The molecular formula is C16H31N. The zero-order chi connectivity index (χ0) is 12.3. The van der Waals surface area contributed by atoms with E-state index in [0.717, 1.165) is 17.8 Å².